The number of benzene rings is 1. The molecule has 0 atom stereocenters. The van der Waals surface area contributed by atoms with Gasteiger partial charge in [-0.05, 0) is 31.2 Å². The molecule has 2 aromatic rings. The third kappa shape index (κ3) is 6.14. The van der Waals surface area contributed by atoms with Crippen LogP contribution in [0, 0.1) is 0 Å². The second kappa shape index (κ2) is 9.27. The van der Waals surface area contributed by atoms with Gasteiger partial charge in [0.15, 0.2) is 0 Å². The van der Waals surface area contributed by atoms with Crippen molar-refractivity contribution in [1.29, 1.82) is 0 Å². The minimum Gasteiger partial charge on any atom is -0.492 e. The van der Waals surface area contributed by atoms with Gasteiger partial charge < -0.3 is 20.7 Å². The van der Waals surface area contributed by atoms with Gasteiger partial charge in [0.05, 0.1) is 0 Å². The van der Waals surface area contributed by atoms with Crippen LogP contribution in [0.3, 0.4) is 0 Å². The Morgan fingerprint density at radius 1 is 1.16 bits per heavy atom. The van der Waals surface area contributed by atoms with Crippen LogP contribution >= 0.6 is 0 Å². The summed E-state index contributed by atoms with van der Waals surface area (Å²) in [6.45, 7) is 4.87. The van der Waals surface area contributed by atoms with Gasteiger partial charge in [-0.3, -0.25) is 14.6 Å². The van der Waals surface area contributed by atoms with Crippen molar-refractivity contribution >= 4 is 23.2 Å². The van der Waals surface area contributed by atoms with Gasteiger partial charge in [0.25, 0.3) is 5.91 Å². The normalized spacial score (nSPS) is 10.0. The maximum absolute atomic E-state index is 11.8. The highest BCUT2D eigenvalue weighted by atomic mass is 16.5. The lowest BCUT2D eigenvalue weighted by molar-refractivity contribution is -0.114. The summed E-state index contributed by atoms with van der Waals surface area (Å²) in [4.78, 5) is 26.9. The van der Waals surface area contributed by atoms with E-state index in [1.54, 1.807) is 30.5 Å². The van der Waals surface area contributed by atoms with E-state index in [1.165, 1.54) is 6.92 Å². The number of amides is 2. The zero-order chi connectivity index (χ0) is 18.1. The molecule has 0 bridgehead atoms. The number of carbonyl (C=O) groups is 2. The molecular formula is C18H22N4O3. The van der Waals surface area contributed by atoms with Crippen LogP contribution in [-0.2, 0) is 4.79 Å². The Morgan fingerprint density at radius 3 is 2.76 bits per heavy atom. The largest absolute Gasteiger partial charge is 0.492 e. The Bertz CT molecular complexity index is 734. The molecule has 25 heavy (non-hydrogen) atoms. The average molecular weight is 342 g/mol. The summed E-state index contributed by atoms with van der Waals surface area (Å²) in [7, 11) is 0. The maximum atomic E-state index is 11.8. The molecule has 7 nitrogen and oxygen atoms in total. The Kier molecular flexibility index (Phi) is 6.76. The molecule has 7 heteroatoms. The van der Waals surface area contributed by atoms with Gasteiger partial charge in [-0.1, -0.05) is 6.07 Å². The van der Waals surface area contributed by atoms with E-state index in [-0.39, 0.29) is 11.8 Å². The quantitative estimate of drug-likeness (QED) is 0.640. The molecule has 0 fully saturated rings. The number of nitrogens with zero attached hydrogens (tertiary/aromatic N) is 1. The molecule has 3 N–H and O–H groups in total. The van der Waals surface area contributed by atoms with Gasteiger partial charge in [0.2, 0.25) is 5.91 Å². The Morgan fingerprint density at radius 2 is 2.00 bits per heavy atom. The van der Waals surface area contributed by atoms with Gasteiger partial charge in [0.1, 0.15) is 18.1 Å². The van der Waals surface area contributed by atoms with Crippen LogP contribution in [0.25, 0.3) is 0 Å². The fraction of sp³-hybridized carbons (Fsp3) is 0.278. The molecular weight excluding hydrogens is 320 g/mol. The minimum absolute atomic E-state index is 0.126. The van der Waals surface area contributed by atoms with Crippen molar-refractivity contribution < 1.29 is 14.3 Å². The number of rotatable bonds is 8. The van der Waals surface area contributed by atoms with Crippen LogP contribution in [0.2, 0.25) is 0 Å². The summed E-state index contributed by atoms with van der Waals surface area (Å²) < 4.78 is 5.66. The van der Waals surface area contributed by atoms with Gasteiger partial charge in [-0.15, -0.1) is 0 Å². The number of hydrogen-bond acceptors (Lipinski definition) is 5. The topological polar surface area (TPSA) is 92.4 Å². The molecule has 0 aliphatic carbocycles. The fourth-order valence-corrected chi connectivity index (χ4v) is 2.15. The Labute approximate surface area is 146 Å². The molecule has 0 unspecified atom stereocenters. The maximum Gasteiger partial charge on any atom is 0.269 e. The first-order chi connectivity index (χ1) is 12.1. The molecule has 0 saturated heterocycles. The Balaban J connectivity index is 1.82. The van der Waals surface area contributed by atoms with E-state index in [1.807, 2.05) is 19.1 Å². The predicted octanol–water partition coefficient (Wildman–Crippen LogP) is 2.28. The van der Waals surface area contributed by atoms with Gasteiger partial charge in [0, 0.05) is 43.7 Å². The first-order valence-corrected chi connectivity index (χ1v) is 8.07. The summed E-state index contributed by atoms with van der Waals surface area (Å²) >= 11 is 0. The summed E-state index contributed by atoms with van der Waals surface area (Å²) in [5.41, 5.74) is 1.86. The van der Waals surface area contributed by atoms with Crippen LogP contribution in [0.5, 0.6) is 5.75 Å². The number of pyridine rings is 1. The van der Waals surface area contributed by atoms with Crippen LogP contribution in [0.15, 0.2) is 42.6 Å². The molecule has 1 heterocycles. The smallest absolute Gasteiger partial charge is 0.269 e. The lowest BCUT2D eigenvalue weighted by atomic mass is 10.3. The summed E-state index contributed by atoms with van der Waals surface area (Å²) in [5, 5.41) is 8.61. The van der Waals surface area contributed by atoms with Crippen LogP contribution in [-0.4, -0.2) is 36.5 Å². The third-order valence-corrected chi connectivity index (χ3v) is 3.18. The van der Waals surface area contributed by atoms with E-state index in [2.05, 4.69) is 20.9 Å². The third-order valence-electron chi connectivity index (χ3n) is 3.18. The molecule has 0 aliphatic rings. The monoisotopic (exact) mass is 342 g/mol. The molecule has 1 aromatic carbocycles. The molecule has 0 saturated carbocycles. The number of ether oxygens (including phenoxy) is 1. The van der Waals surface area contributed by atoms with E-state index < -0.39 is 0 Å². The highest BCUT2D eigenvalue weighted by molar-refractivity contribution is 5.93. The van der Waals surface area contributed by atoms with E-state index in [9.17, 15) is 9.59 Å². The second-order valence-electron chi connectivity index (χ2n) is 5.27. The van der Waals surface area contributed by atoms with Crippen LogP contribution in [0.4, 0.5) is 11.4 Å². The number of hydrogen-bond donors (Lipinski definition) is 3. The van der Waals surface area contributed by atoms with Gasteiger partial charge in [-0.25, -0.2) is 0 Å². The lowest BCUT2D eigenvalue weighted by Crippen LogP contribution is -2.23. The van der Waals surface area contributed by atoms with Gasteiger partial charge in [-0.2, -0.15) is 0 Å². The van der Waals surface area contributed by atoms with Crippen molar-refractivity contribution in [3.8, 4) is 5.75 Å². The average Bonchev–Trinajstić information content (AvgIpc) is 2.59. The molecule has 132 valence electrons. The fourth-order valence-electron chi connectivity index (χ4n) is 2.15. The van der Waals surface area contributed by atoms with Crippen molar-refractivity contribution in [1.82, 2.24) is 10.3 Å². The predicted molar refractivity (Wildman–Crippen MR) is 97.0 cm³/mol. The van der Waals surface area contributed by atoms with Crippen molar-refractivity contribution in [2.45, 2.75) is 13.8 Å². The molecule has 0 aliphatic heterocycles. The molecule has 0 radical (unpaired) electrons. The van der Waals surface area contributed by atoms with Crippen molar-refractivity contribution in [2.24, 2.45) is 0 Å². The Hall–Kier alpha value is -3.09. The SMILES string of the molecule is CCNC(=O)c1cc(NCCOc2cccc(NC(C)=O)c2)ccn1. The summed E-state index contributed by atoms with van der Waals surface area (Å²) in [6, 6.07) is 10.7. The molecule has 2 rings (SSSR count). The van der Waals surface area contributed by atoms with Crippen molar-refractivity contribution in [3.05, 3.63) is 48.3 Å². The van der Waals surface area contributed by atoms with E-state index in [0.717, 1.165) is 5.69 Å². The zero-order valence-electron chi connectivity index (χ0n) is 14.3. The first-order valence-electron chi connectivity index (χ1n) is 8.07. The minimum atomic E-state index is -0.197. The summed E-state index contributed by atoms with van der Waals surface area (Å²) in [5.74, 6) is 0.349. The number of anilines is 2. The van der Waals surface area contributed by atoms with E-state index >= 15 is 0 Å². The highest BCUT2D eigenvalue weighted by Crippen LogP contribution is 2.17. The second-order valence-corrected chi connectivity index (χ2v) is 5.27. The van der Waals surface area contributed by atoms with Crippen molar-refractivity contribution in [2.75, 3.05) is 30.3 Å². The summed E-state index contributed by atoms with van der Waals surface area (Å²) in [6.07, 6.45) is 1.59. The molecule has 0 spiro atoms. The van der Waals surface area contributed by atoms with E-state index in [4.69, 9.17) is 4.74 Å². The van der Waals surface area contributed by atoms with E-state index in [0.29, 0.717) is 36.8 Å². The number of aromatic nitrogens is 1. The number of carbonyl (C=O) groups excluding carboxylic acids is 2. The lowest BCUT2D eigenvalue weighted by Gasteiger charge is -2.10. The van der Waals surface area contributed by atoms with Gasteiger partial charge >= 0.3 is 0 Å². The standard InChI is InChI=1S/C18H22N4O3/c1-3-19-18(24)17-12-14(7-8-21-17)20-9-10-25-16-6-4-5-15(11-16)22-13(2)23/h4-8,11-12H,3,9-10H2,1-2H3,(H,19,24)(H,20,21)(H,22,23). The van der Waals surface area contributed by atoms with Crippen LogP contribution < -0.4 is 20.7 Å². The first kappa shape index (κ1) is 18.3. The number of nitrogens with one attached hydrogen (secondary N) is 3. The molecule has 1 aromatic heterocycles. The van der Waals surface area contributed by atoms with Crippen molar-refractivity contribution in [3.63, 3.8) is 0 Å². The zero-order valence-corrected chi connectivity index (χ0v) is 14.3. The van der Waals surface area contributed by atoms with Crippen LogP contribution in [0.1, 0.15) is 24.3 Å². The molecule has 2 amide bonds. The highest BCUT2D eigenvalue weighted by Gasteiger charge is 2.06.